The molecular weight excluding hydrogens is 340 g/mol. The number of nitrogens with one attached hydrogen (secondary N) is 2. The summed E-state index contributed by atoms with van der Waals surface area (Å²) in [6, 6.07) is 3.81. The number of aromatic nitrogens is 3. The van der Waals surface area contributed by atoms with Gasteiger partial charge in [0.1, 0.15) is 0 Å². The van der Waals surface area contributed by atoms with Gasteiger partial charge in [-0.25, -0.2) is 13.5 Å². The predicted octanol–water partition coefficient (Wildman–Crippen LogP) is 2.30. The number of halogens is 2. The summed E-state index contributed by atoms with van der Waals surface area (Å²) in [5.41, 5.74) is 0.650. The molecule has 1 saturated carbocycles. The average Bonchev–Trinajstić information content (AvgIpc) is 3.36. The van der Waals surface area contributed by atoms with Gasteiger partial charge in [0.25, 0.3) is 0 Å². The second-order valence-electron chi connectivity index (χ2n) is 7.05. The summed E-state index contributed by atoms with van der Waals surface area (Å²) >= 11 is 0. The number of carbonyl (C=O) groups is 1. The first-order valence-corrected chi connectivity index (χ1v) is 8.90. The summed E-state index contributed by atoms with van der Waals surface area (Å²) in [6.07, 6.45) is 2.59. The van der Waals surface area contributed by atoms with E-state index in [0.29, 0.717) is 23.9 Å². The Bertz CT molecular complexity index is 831. The van der Waals surface area contributed by atoms with Crippen molar-refractivity contribution in [3.63, 3.8) is 0 Å². The highest BCUT2D eigenvalue weighted by molar-refractivity contribution is 5.93. The van der Waals surface area contributed by atoms with Gasteiger partial charge in [0.05, 0.1) is 0 Å². The fourth-order valence-electron chi connectivity index (χ4n) is 3.57. The lowest BCUT2D eigenvalue weighted by Crippen LogP contribution is -2.27. The van der Waals surface area contributed by atoms with Crippen molar-refractivity contribution in [2.24, 2.45) is 13.0 Å². The molecule has 0 radical (unpaired) electrons. The second-order valence-corrected chi connectivity index (χ2v) is 7.05. The van der Waals surface area contributed by atoms with Crippen molar-refractivity contribution >= 4 is 11.9 Å². The maximum absolute atomic E-state index is 13.4. The molecule has 6 nitrogen and oxygen atoms in total. The Morgan fingerprint density at radius 1 is 1.27 bits per heavy atom. The Morgan fingerprint density at radius 2 is 2.04 bits per heavy atom. The third-order valence-electron chi connectivity index (χ3n) is 5.22. The number of benzene rings is 1. The van der Waals surface area contributed by atoms with E-state index in [9.17, 15) is 13.6 Å². The summed E-state index contributed by atoms with van der Waals surface area (Å²) in [6.45, 7) is 1.89. The van der Waals surface area contributed by atoms with E-state index < -0.39 is 11.6 Å². The van der Waals surface area contributed by atoms with Crippen LogP contribution in [0.4, 0.5) is 14.7 Å². The average molecular weight is 361 g/mol. The van der Waals surface area contributed by atoms with Crippen LogP contribution in [0.3, 0.4) is 0 Å². The monoisotopic (exact) mass is 361 g/mol. The van der Waals surface area contributed by atoms with Crippen molar-refractivity contribution in [2.45, 2.75) is 31.1 Å². The second kappa shape index (κ2) is 6.75. The Kier molecular flexibility index (Phi) is 4.44. The molecule has 2 aromatic rings. The van der Waals surface area contributed by atoms with Crippen molar-refractivity contribution in [1.82, 2.24) is 20.1 Å². The maximum Gasteiger partial charge on any atom is 0.230 e. The van der Waals surface area contributed by atoms with Crippen molar-refractivity contribution in [1.29, 1.82) is 0 Å². The van der Waals surface area contributed by atoms with Gasteiger partial charge in [-0.05, 0) is 56.0 Å². The smallest absolute Gasteiger partial charge is 0.230 e. The van der Waals surface area contributed by atoms with Crippen LogP contribution >= 0.6 is 0 Å². The van der Waals surface area contributed by atoms with E-state index in [1.807, 2.05) is 0 Å². The summed E-state index contributed by atoms with van der Waals surface area (Å²) < 4.78 is 28.0. The molecule has 2 fully saturated rings. The largest absolute Gasteiger partial charge is 0.317 e. The Labute approximate surface area is 150 Å². The minimum absolute atomic E-state index is 0.0813. The lowest BCUT2D eigenvalue weighted by atomic mass is 9.98. The van der Waals surface area contributed by atoms with E-state index in [0.717, 1.165) is 37.8 Å². The van der Waals surface area contributed by atoms with Gasteiger partial charge in [-0.15, -0.1) is 0 Å². The predicted molar refractivity (Wildman–Crippen MR) is 91.7 cm³/mol. The van der Waals surface area contributed by atoms with Crippen LogP contribution in [0, 0.1) is 17.6 Å². The number of anilines is 1. The van der Waals surface area contributed by atoms with Gasteiger partial charge in [-0.2, -0.15) is 10.1 Å². The number of aryl methyl sites for hydroxylation is 1. The minimum Gasteiger partial charge on any atom is -0.317 e. The number of amides is 1. The van der Waals surface area contributed by atoms with Crippen LogP contribution < -0.4 is 10.6 Å². The molecule has 138 valence electrons. The molecule has 1 amide bonds. The Balaban J connectivity index is 1.41. The molecule has 2 heterocycles. The molecule has 26 heavy (non-hydrogen) atoms. The topological polar surface area (TPSA) is 71.8 Å². The van der Waals surface area contributed by atoms with Crippen LogP contribution in [0.5, 0.6) is 0 Å². The Morgan fingerprint density at radius 3 is 2.77 bits per heavy atom. The van der Waals surface area contributed by atoms with Crippen LogP contribution in [0.15, 0.2) is 18.2 Å². The van der Waals surface area contributed by atoms with Crippen LogP contribution in [-0.2, 0) is 11.8 Å². The zero-order valence-electron chi connectivity index (χ0n) is 14.5. The molecule has 8 heteroatoms. The number of rotatable bonds is 4. The molecule has 1 aromatic carbocycles. The Hall–Kier alpha value is -2.35. The molecule has 0 bridgehead atoms. The van der Waals surface area contributed by atoms with Crippen LogP contribution in [0.1, 0.15) is 42.5 Å². The van der Waals surface area contributed by atoms with E-state index in [2.05, 4.69) is 20.7 Å². The molecule has 1 aliphatic carbocycles. The highest BCUT2D eigenvalue weighted by Crippen LogP contribution is 2.48. The standard InChI is InChI=1S/C18H21F2N5O/c1-25-18(22-16(24-25)10-4-6-21-7-5-10)23-17(26)13-9-12(13)11-2-3-14(19)15(20)8-11/h2-3,8,10,12-13,21H,4-7,9H2,1H3,(H,22,23,24,26). The molecule has 1 saturated heterocycles. The highest BCUT2D eigenvalue weighted by Gasteiger charge is 2.44. The quantitative estimate of drug-likeness (QED) is 0.877. The summed E-state index contributed by atoms with van der Waals surface area (Å²) in [7, 11) is 1.76. The van der Waals surface area contributed by atoms with Crippen molar-refractivity contribution in [3.8, 4) is 0 Å². The molecule has 0 spiro atoms. The number of carbonyl (C=O) groups excluding carboxylic acids is 1. The van der Waals surface area contributed by atoms with Gasteiger partial charge in [-0.1, -0.05) is 6.07 Å². The van der Waals surface area contributed by atoms with Crippen LogP contribution in [0.25, 0.3) is 0 Å². The molecule has 1 aliphatic heterocycles. The molecular formula is C18H21F2N5O. The van der Waals surface area contributed by atoms with Gasteiger partial charge in [0.15, 0.2) is 17.5 Å². The first-order chi connectivity index (χ1) is 12.5. The first-order valence-electron chi connectivity index (χ1n) is 8.90. The third-order valence-corrected chi connectivity index (χ3v) is 5.22. The molecule has 2 unspecified atom stereocenters. The summed E-state index contributed by atoms with van der Waals surface area (Å²) in [5.74, 6) is -0.748. The van der Waals surface area contributed by atoms with Gasteiger partial charge in [0.2, 0.25) is 11.9 Å². The van der Waals surface area contributed by atoms with Gasteiger partial charge in [-0.3, -0.25) is 10.1 Å². The van der Waals surface area contributed by atoms with Gasteiger partial charge >= 0.3 is 0 Å². The number of nitrogens with zero attached hydrogens (tertiary/aromatic N) is 3. The molecule has 2 N–H and O–H groups in total. The molecule has 2 atom stereocenters. The molecule has 2 aliphatic rings. The number of hydrogen-bond acceptors (Lipinski definition) is 4. The van der Waals surface area contributed by atoms with Crippen molar-refractivity contribution < 1.29 is 13.6 Å². The number of piperidine rings is 1. The van der Waals surface area contributed by atoms with Gasteiger partial charge < -0.3 is 5.32 Å². The van der Waals surface area contributed by atoms with E-state index in [-0.39, 0.29) is 17.7 Å². The van der Waals surface area contributed by atoms with E-state index in [4.69, 9.17) is 0 Å². The van der Waals surface area contributed by atoms with Crippen LogP contribution in [-0.4, -0.2) is 33.8 Å². The minimum atomic E-state index is -0.881. The SMILES string of the molecule is Cn1nc(C2CCNCC2)nc1NC(=O)C1CC1c1ccc(F)c(F)c1. The fraction of sp³-hybridized carbons (Fsp3) is 0.500. The number of hydrogen-bond donors (Lipinski definition) is 2. The third kappa shape index (κ3) is 3.33. The maximum atomic E-state index is 13.4. The van der Waals surface area contributed by atoms with Crippen LogP contribution in [0.2, 0.25) is 0 Å². The van der Waals surface area contributed by atoms with Crippen molar-refractivity contribution in [2.75, 3.05) is 18.4 Å². The lowest BCUT2D eigenvalue weighted by molar-refractivity contribution is -0.117. The molecule has 1 aromatic heterocycles. The molecule has 4 rings (SSSR count). The van der Waals surface area contributed by atoms with E-state index in [1.54, 1.807) is 11.7 Å². The summed E-state index contributed by atoms with van der Waals surface area (Å²) in [4.78, 5) is 17.0. The zero-order chi connectivity index (χ0) is 18.3. The van der Waals surface area contributed by atoms with Crippen molar-refractivity contribution in [3.05, 3.63) is 41.2 Å². The summed E-state index contributed by atoms with van der Waals surface area (Å²) in [5, 5.41) is 10.6. The van der Waals surface area contributed by atoms with Gasteiger partial charge in [0, 0.05) is 18.9 Å². The first kappa shape index (κ1) is 17.1. The lowest BCUT2D eigenvalue weighted by Gasteiger charge is -2.19. The zero-order valence-corrected chi connectivity index (χ0v) is 14.5. The highest BCUT2D eigenvalue weighted by atomic mass is 19.2. The van der Waals surface area contributed by atoms with E-state index in [1.165, 1.54) is 12.1 Å². The van der Waals surface area contributed by atoms with E-state index >= 15 is 0 Å². The fourth-order valence-corrected chi connectivity index (χ4v) is 3.57. The normalized spacial score (nSPS) is 23.0.